The number of nitrogens with zero attached hydrogens (tertiary/aromatic N) is 1. The van der Waals surface area contributed by atoms with Gasteiger partial charge in [-0.15, -0.1) is 11.6 Å². The lowest BCUT2D eigenvalue weighted by atomic mass is 10.1. The summed E-state index contributed by atoms with van der Waals surface area (Å²) in [6, 6.07) is 12.5. The van der Waals surface area contributed by atoms with E-state index in [1.54, 1.807) is 0 Å². The number of pyridine rings is 1. The summed E-state index contributed by atoms with van der Waals surface area (Å²) < 4.78 is 0. The Labute approximate surface area is 107 Å². The molecule has 1 heterocycles. The minimum atomic E-state index is 0.246. The number of rotatable bonds is 4. The smallest absolute Gasteiger partial charge is 0.0705 e. The molecule has 1 atom stereocenters. The van der Waals surface area contributed by atoms with Crippen LogP contribution in [0.25, 0.3) is 10.9 Å². The highest BCUT2D eigenvalue weighted by molar-refractivity contribution is 6.20. The van der Waals surface area contributed by atoms with Gasteiger partial charge in [0.2, 0.25) is 0 Å². The van der Waals surface area contributed by atoms with Crippen LogP contribution in [-0.4, -0.2) is 10.4 Å². The Morgan fingerprint density at radius 2 is 2.00 bits per heavy atom. The van der Waals surface area contributed by atoms with E-state index in [2.05, 4.69) is 29.2 Å². The second kappa shape index (κ2) is 4.66. The van der Waals surface area contributed by atoms with E-state index in [0.29, 0.717) is 0 Å². The SMILES string of the molecule is ClC(Cc1ccc2ccccc2n1)CC1CC1. The summed E-state index contributed by atoms with van der Waals surface area (Å²) in [5.41, 5.74) is 2.18. The third kappa shape index (κ3) is 2.78. The van der Waals surface area contributed by atoms with Gasteiger partial charge in [0.1, 0.15) is 0 Å². The van der Waals surface area contributed by atoms with Crippen molar-refractivity contribution in [3.63, 3.8) is 0 Å². The fourth-order valence-corrected chi connectivity index (χ4v) is 2.66. The van der Waals surface area contributed by atoms with Crippen molar-refractivity contribution in [1.82, 2.24) is 4.98 Å². The Morgan fingerprint density at radius 3 is 2.82 bits per heavy atom. The van der Waals surface area contributed by atoms with Crippen LogP contribution in [-0.2, 0) is 6.42 Å². The number of hydrogen-bond acceptors (Lipinski definition) is 1. The summed E-state index contributed by atoms with van der Waals surface area (Å²) >= 11 is 6.36. The van der Waals surface area contributed by atoms with Gasteiger partial charge in [-0.25, -0.2) is 0 Å². The molecule has 0 amide bonds. The summed E-state index contributed by atoms with van der Waals surface area (Å²) in [5, 5.41) is 1.45. The second-order valence-electron chi connectivity index (χ2n) is 4.98. The van der Waals surface area contributed by atoms with Crippen LogP contribution in [0.1, 0.15) is 25.0 Å². The maximum absolute atomic E-state index is 6.36. The van der Waals surface area contributed by atoms with E-state index in [9.17, 15) is 0 Å². The molecule has 1 unspecified atom stereocenters. The summed E-state index contributed by atoms with van der Waals surface area (Å²) in [4.78, 5) is 4.66. The van der Waals surface area contributed by atoms with Gasteiger partial charge in [0.25, 0.3) is 0 Å². The van der Waals surface area contributed by atoms with Gasteiger partial charge in [0.15, 0.2) is 0 Å². The van der Waals surface area contributed by atoms with Crippen LogP contribution >= 0.6 is 11.6 Å². The zero-order chi connectivity index (χ0) is 11.7. The Kier molecular flexibility index (Phi) is 3.02. The highest BCUT2D eigenvalue weighted by Gasteiger charge is 2.24. The first kappa shape index (κ1) is 11.0. The van der Waals surface area contributed by atoms with Gasteiger partial charge in [-0.05, 0) is 24.5 Å². The number of alkyl halides is 1. The predicted molar refractivity (Wildman–Crippen MR) is 72.4 cm³/mol. The predicted octanol–water partition coefficient (Wildman–Crippen LogP) is 4.18. The van der Waals surface area contributed by atoms with Gasteiger partial charge >= 0.3 is 0 Å². The molecule has 1 nitrogen and oxygen atoms in total. The van der Waals surface area contributed by atoms with Crippen molar-refractivity contribution in [2.45, 2.75) is 31.1 Å². The molecule has 0 N–H and O–H groups in total. The van der Waals surface area contributed by atoms with Crippen LogP contribution in [0.4, 0.5) is 0 Å². The number of para-hydroxylation sites is 1. The quantitative estimate of drug-likeness (QED) is 0.737. The summed E-state index contributed by atoms with van der Waals surface area (Å²) in [7, 11) is 0. The van der Waals surface area contributed by atoms with Crippen molar-refractivity contribution >= 4 is 22.5 Å². The molecule has 88 valence electrons. The molecule has 2 heteroatoms. The fraction of sp³-hybridized carbons (Fsp3) is 0.400. The Bertz CT molecular complexity index is 519. The zero-order valence-corrected chi connectivity index (χ0v) is 10.5. The molecular weight excluding hydrogens is 230 g/mol. The molecule has 1 aliphatic carbocycles. The normalized spacial score (nSPS) is 17.2. The van der Waals surface area contributed by atoms with Crippen LogP contribution in [0, 0.1) is 5.92 Å². The number of fused-ring (bicyclic) bond motifs is 1. The average molecular weight is 246 g/mol. The van der Waals surface area contributed by atoms with Gasteiger partial charge in [-0.3, -0.25) is 4.98 Å². The lowest BCUT2D eigenvalue weighted by Crippen LogP contribution is -2.05. The molecule has 2 aromatic rings. The molecule has 0 saturated heterocycles. The van der Waals surface area contributed by atoms with Crippen molar-refractivity contribution in [2.75, 3.05) is 0 Å². The fourth-order valence-electron chi connectivity index (χ4n) is 2.25. The Morgan fingerprint density at radius 1 is 1.18 bits per heavy atom. The standard InChI is InChI=1S/C15H16ClN/c16-13(9-11-5-6-11)10-14-8-7-12-3-1-2-4-15(12)17-14/h1-4,7-8,11,13H,5-6,9-10H2. The van der Waals surface area contributed by atoms with Crippen LogP contribution in [0.3, 0.4) is 0 Å². The number of hydrogen-bond donors (Lipinski definition) is 0. The first-order chi connectivity index (χ1) is 8.31. The molecule has 0 aliphatic heterocycles. The summed E-state index contributed by atoms with van der Waals surface area (Å²) in [6.45, 7) is 0. The van der Waals surface area contributed by atoms with Gasteiger partial charge < -0.3 is 0 Å². The molecule has 1 aliphatic rings. The maximum Gasteiger partial charge on any atom is 0.0705 e. The summed E-state index contributed by atoms with van der Waals surface area (Å²) in [6.07, 6.45) is 4.78. The van der Waals surface area contributed by atoms with E-state index < -0.39 is 0 Å². The van der Waals surface area contributed by atoms with Crippen molar-refractivity contribution in [3.8, 4) is 0 Å². The molecule has 0 bridgehead atoms. The molecular formula is C15H16ClN. The third-order valence-electron chi connectivity index (χ3n) is 3.37. The van der Waals surface area contributed by atoms with Crippen molar-refractivity contribution in [3.05, 3.63) is 42.1 Å². The monoisotopic (exact) mass is 245 g/mol. The molecule has 1 aromatic heterocycles. The van der Waals surface area contributed by atoms with E-state index in [1.807, 2.05) is 12.1 Å². The topological polar surface area (TPSA) is 12.9 Å². The average Bonchev–Trinajstić information content (AvgIpc) is 3.12. The highest BCUT2D eigenvalue weighted by Crippen LogP contribution is 2.35. The van der Waals surface area contributed by atoms with Crippen molar-refractivity contribution in [2.24, 2.45) is 5.92 Å². The third-order valence-corrected chi connectivity index (χ3v) is 3.71. The first-order valence-corrected chi connectivity index (χ1v) is 6.73. The first-order valence-electron chi connectivity index (χ1n) is 6.30. The molecule has 3 rings (SSSR count). The van der Waals surface area contributed by atoms with Gasteiger partial charge in [-0.1, -0.05) is 37.1 Å². The van der Waals surface area contributed by atoms with Crippen molar-refractivity contribution < 1.29 is 0 Å². The van der Waals surface area contributed by atoms with Gasteiger partial charge in [0, 0.05) is 22.9 Å². The highest BCUT2D eigenvalue weighted by atomic mass is 35.5. The van der Waals surface area contributed by atoms with E-state index in [-0.39, 0.29) is 5.38 Å². The van der Waals surface area contributed by atoms with Crippen LogP contribution < -0.4 is 0 Å². The van der Waals surface area contributed by atoms with Gasteiger partial charge in [-0.2, -0.15) is 0 Å². The Balaban J connectivity index is 1.75. The van der Waals surface area contributed by atoms with Crippen LogP contribution in [0.2, 0.25) is 0 Å². The second-order valence-corrected chi connectivity index (χ2v) is 5.59. The number of benzene rings is 1. The minimum absolute atomic E-state index is 0.246. The molecule has 0 spiro atoms. The molecule has 1 saturated carbocycles. The molecule has 1 fully saturated rings. The minimum Gasteiger partial charge on any atom is -0.253 e. The van der Waals surface area contributed by atoms with Crippen molar-refractivity contribution in [1.29, 1.82) is 0 Å². The maximum atomic E-state index is 6.36. The van der Waals surface area contributed by atoms with E-state index in [0.717, 1.165) is 30.0 Å². The zero-order valence-electron chi connectivity index (χ0n) is 9.77. The number of halogens is 1. The van der Waals surface area contributed by atoms with Crippen LogP contribution in [0.15, 0.2) is 36.4 Å². The molecule has 0 radical (unpaired) electrons. The van der Waals surface area contributed by atoms with E-state index >= 15 is 0 Å². The lowest BCUT2D eigenvalue weighted by molar-refractivity contribution is 0.669. The Hall–Kier alpha value is -1.08. The number of aromatic nitrogens is 1. The molecule has 1 aromatic carbocycles. The van der Waals surface area contributed by atoms with E-state index in [4.69, 9.17) is 11.6 Å². The largest absolute Gasteiger partial charge is 0.253 e. The van der Waals surface area contributed by atoms with E-state index in [1.165, 1.54) is 18.2 Å². The van der Waals surface area contributed by atoms with Gasteiger partial charge in [0.05, 0.1) is 5.52 Å². The summed E-state index contributed by atoms with van der Waals surface area (Å²) in [5.74, 6) is 0.887. The molecule has 17 heavy (non-hydrogen) atoms. The lowest BCUT2D eigenvalue weighted by Gasteiger charge is -2.08. The van der Waals surface area contributed by atoms with Crippen LogP contribution in [0.5, 0.6) is 0 Å².